The van der Waals surface area contributed by atoms with E-state index in [2.05, 4.69) is 0 Å². The highest BCUT2D eigenvalue weighted by Gasteiger charge is 2.00. The lowest BCUT2D eigenvalue weighted by molar-refractivity contribution is 0.0222. The van der Waals surface area contributed by atoms with Gasteiger partial charge in [0.15, 0.2) is 0 Å². The largest absolute Gasteiger partial charge is 0.466 e. The van der Waals surface area contributed by atoms with Crippen LogP contribution in [0.2, 0.25) is 0 Å². The zero-order valence-corrected chi connectivity index (χ0v) is 9.05. The molecule has 0 aromatic rings. The minimum atomic E-state index is -4.64. The molecule has 15 heavy (non-hydrogen) atoms. The molecule has 0 aromatic heterocycles. The maximum absolute atomic E-state index is 8.88. The molecule has 94 valence electrons. The van der Waals surface area contributed by atoms with Crippen molar-refractivity contribution >= 4 is 7.82 Å². The molecule has 9 heteroatoms. The molecule has 0 aliphatic rings. The zero-order chi connectivity index (χ0) is 12.2. The van der Waals surface area contributed by atoms with E-state index in [1.807, 2.05) is 0 Å². The first-order chi connectivity index (χ1) is 6.91. The summed E-state index contributed by atoms with van der Waals surface area (Å²) < 4.78 is 18.6. The van der Waals surface area contributed by atoms with Crippen molar-refractivity contribution in [3.8, 4) is 0 Å². The van der Waals surface area contributed by atoms with Crippen molar-refractivity contribution in [3.63, 3.8) is 0 Å². The molecule has 0 fully saturated rings. The van der Waals surface area contributed by atoms with Crippen molar-refractivity contribution in [3.05, 3.63) is 0 Å². The first-order valence-corrected chi connectivity index (χ1v) is 5.63. The van der Waals surface area contributed by atoms with Crippen molar-refractivity contribution < 1.29 is 38.9 Å². The molecule has 0 unspecified atom stereocenters. The minimum Gasteiger partial charge on any atom is -0.394 e. The van der Waals surface area contributed by atoms with E-state index >= 15 is 0 Å². The summed E-state index contributed by atoms with van der Waals surface area (Å²) in [5.41, 5.74) is 0. The Morgan fingerprint density at radius 1 is 0.800 bits per heavy atom. The van der Waals surface area contributed by atoms with Gasteiger partial charge in [0, 0.05) is 0 Å². The van der Waals surface area contributed by atoms with Crippen molar-refractivity contribution in [1.82, 2.24) is 0 Å². The van der Waals surface area contributed by atoms with Crippen LogP contribution in [-0.2, 0) is 14.0 Å². The van der Waals surface area contributed by atoms with Crippen LogP contribution in [0.1, 0.15) is 0 Å². The first-order valence-electron chi connectivity index (χ1n) is 4.07. The molecule has 8 nitrogen and oxygen atoms in total. The summed E-state index contributed by atoms with van der Waals surface area (Å²) in [5.74, 6) is 0. The predicted molar refractivity (Wildman–Crippen MR) is 50.1 cm³/mol. The molecule has 0 bridgehead atoms. The number of hydrogen-bond acceptors (Lipinski definition) is 5. The third-order valence-electron chi connectivity index (χ3n) is 0.843. The highest BCUT2D eigenvalue weighted by molar-refractivity contribution is 7.45. The average molecular weight is 248 g/mol. The molecular weight excluding hydrogens is 231 g/mol. The second-order valence-electron chi connectivity index (χ2n) is 2.19. The summed E-state index contributed by atoms with van der Waals surface area (Å²) in [6, 6.07) is 0. The Morgan fingerprint density at radius 3 is 1.27 bits per heavy atom. The van der Waals surface area contributed by atoms with Gasteiger partial charge in [0.05, 0.1) is 39.6 Å². The van der Waals surface area contributed by atoms with Crippen molar-refractivity contribution in [2.24, 2.45) is 0 Å². The van der Waals surface area contributed by atoms with Crippen LogP contribution in [-0.4, -0.2) is 64.5 Å². The summed E-state index contributed by atoms with van der Waals surface area (Å²) in [5, 5.41) is 16.5. The maximum Gasteiger partial charge on any atom is 0.466 e. The van der Waals surface area contributed by atoms with E-state index in [-0.39, 0.29) is 13.2 Å². The average Bonchev–Trinajstić information content (AvgIpc) is 2.08. The number of aliphatic hydroxyl groups is 2. The van der Waals surface area contributed by atoms with Gasteiger partial charge in [-0.05, 0) is 0 Å². The Balaban J connectivity index is 0. The number of hydrogen-bond donors (Lipinski definition) is 5. The van der Waals surface area contributed by atoms with Crippen molar-refractivity contribution in [2.45, 2.75) is 0 Å². The van der Waals surface area contributed by atoms with E-state index in [1.54, 1.807) is 0 Å². The quantitative estimate of drug-likeness (QED) is 0.259. The van der Waals surface area contributed by atoms with Gasteiger partial charge in [-0.25, -0.2) is 4.57 Å². The van der Waals surface area contributed by atoms with Gasteiger partial charge in [-0.15, -0.1) is 0 Å². The van der Waals surface area contributed by atoms with E-state index < -0.39 is 7.82 Å². The summed E-state index contributed by atoms with van der Waals surface area (Å²) in [6.45, 7) is 1.73. The fraction of sp³-hybridized carbons (Fsp3) is 1.00. The minimum absolute atomic E-state index is 0.0417. The molecule has 5 N–H and O–H groups in total. The van der Waals surface area contributed by atoms with Gasteiger partial charge in [-0.1, -0.05) is 0 Å². The highest BCUT2D eigenvalue weighted by Crippen LogP contribution is 2.25. The highest BCUT2D eigenvalue weighted by atomic mass is 31.2. The normalized spacial score (nSPS) is 10.7. The third kappa shape index (κ3) is 41.2. The Hall–Kier alpha value is -0.0500. The van der Waals surface area contributed by atoms with Crippen LogP contribution >= 0.6 is 7.82 Å². The van der Waals surface area contributed by atoms with E-state index in [0.29, 0.717) is 26.4 Å². The molecule has 0 spiro atoms. The van der Waals surface area contributed by atoms with Crippen LogP contribution in [0.5, 0.6) is 0 Å². The molecule has 0 aliphatic carbocycles. The molecule has 0 aliphatic heterocycles. The van der Waals surface area contributed by atoms with Gasteiger partial charge < -0.3 is 34.4 Å². The SMILES string of the molecule is O=P(O)(O)O.OCCOCCOCCO. The number of phosphoric acid groups is 1. The van der Waals surface area contributed by atoms with Crippen LogP contribution in [0, 0.1) is 0 Å². The standard InChI is InChI=1S/C6H14O4.H3O4P/c7-1-3-9-5-6-10-4-2-8;1-5(2,3)4/h7-8H,1-6H2;(H3,1,2,3,4). The fourth-order valence-electron chi connectivity index (χ4n) is 0.451. The molecule has 0 amide bonds. The molecule has 0 saturated heterocycles. The van der Waals surface area contributed by atoms with E-state index in [4.69, 9.17) is 38.9 Å². The van der Waals surface area contributed by atoms with Crippen LogP contribution in [0.4, 0.5) is 0 Å². The third-order valence-corrected chi connectivity index (χ3v) is 0.843. The van der Waals surface area contributed by atoms with Crippen molar-refractivity contribution in [2.75, 3.05) is 39.6 Å². The summed E-state index contributed by atoms with van der Waals surface area (Å²) in [4.78, 5) is 21.6. The Bertz CT molecular complexity index is 141. The second-order valence-corrected chi connectivity index (χ2v) is 3.21. The van der Waals surface area contributed by atoms with E-state index in [0.717, 1.165) is 0 Å². The predicted octanol–water partition coefficient (Wildman–Crippen LogP) is -1.92. The Morgan fingerprint density at radius 2 is 1.07 bits per heavy atom. The van der Waals surface area contributed by atoms with Crippen LogP contribution in [0.15, 0.2) is 0 Å². The summed E-state index contributed by atoms with van der Waals surface area (Å²) in [7, 11) is -4.64. The van der Waals surface area contributed by atoms with Crippen molar-refractivity contribution in [1.29, 1.82) is 0 Å². The molecule has 0 radical (unpaired) electrons. The second kappa shape index (κ2) is 12.0. The lowest BCUT2D eigenvalue weighted by Crippen LogP contribution is -2.09. The van der Waals surface area contributed by atoms with Gasteiger partial charge in [-0.3, -0.25) is 0 Å². The van der Waals surface area contributed by atoms with Gasteiger partial charge in [0.2, 0.25) is 0 Å². The van der Waals surface area contributed by atoms with Crippen LogP contribution in [0.25, 0.3) is 0 Å². The van der Waals surface area contributed by atoms with E-state index in [9.17, 15) is 0 Å². The van der Waals surface area contributed by atoms with Gasteiger partial charge in [0.1, 0.15) is 0 Å². The summed E-state index contributed by atoms with van der Waals surface area (Å²) >= 11 is 0. The number of aliphatic hydroxyl groups excluding tert-OH is 2. The Kier molecular flexibility index (Phi) is 13.9. The zero-order valence-electron chi connectivity index (χ0n) is 8.15. The molecular formula is C6H17O8P. The van der Waals surface area contributed by atoms with Gasteiger partial charge in [-0.2, -0.15) is 0 Å². The molecule has 0 heterocycles. The summed E-state index contributed by atoms with van der Waals surface area (Å²) in [6.07, 6.45) is 0. The van der Waals surface area contributed by atoms with Gasteiger partial charge >= 0.3 is 7.82 Å². The Labute approximate surface area is 87.3 Å². The molecule has 0 atom stereocenters. The smallest absolute Gasteiger partial charge is 0.394 e. The lowest BCUT2D eigenvalue weighted by atomic mass is 10.7. The van der Waals surface area contributed by atoms with Crippen LogP contribution in [0.3, 0.4) is 0 Å². The number of rotatable bonds is 7. The van der Waals surface area contributed by atoms with Gasteiger partial charge in [0.25, 0.3) is 0 Å². The maximum atomic E-state index is 8.88. The molecule has 0 saturated carbocycles. The lowest BCUT2D eigenvalue weighted by Gasteiger charge is -2.01. The number of ether oxygens (including phenoxy) is 2. The topological polar surface area (TPSA) is 137 Å². The first kappa shape index (κ1) is 17.3. The van der Waals surface area contributed by atoms with E-state index in [1.165, 1.54) is 0 Å². The monoisotopic (exact) mass is 248 g/mol. The molecule has 0 rings (SSSR count). The fourth-order valence-corrected chi connectivity index (χ4v) is 0.451. The molecule has 0 aromatic carbocycles. The van der Waals surface area contributed by atoms with Crippen LogP contribution < -0.4 is 0 Å².